The molecule has 0 spiro atoms. The van der Waals surface area contributed by atoms with E-state index in [4.69, 9.17) is 22.0 Å². The zero-order valence-electron chi connectivity index (χ0n) is 18.4. The van der Waals surface area contributed by atoms with Gasteiger partial charge in [0.2, 0.25) is 11.5 Å². The lowest BCUT2D eigenvalue weighted by atomic mass is 9.96. The molecule has 12 heteroatoms. The van der Waals surface area contributed by atoms with Crippen LogP contribution in [0.25, 0.3) is 21.2 Å². The third kappa shape index (κ3) is 4.79. The van der Waals surface area contributed by atoms with E-state index in [1.54, 1.807) is 36.5 Å². The molecule has 2 heterocycles. The minimum Gasteiger partial charge on any atom is -0.481 e. The number of pyridine rings is 1. The minimum atomic E-state index is -4.95. The van der Waals surface area contributed by atoms with Gasteiger partial charge in [-0.05, 0) is 24.1 Å². The number of ether oxygens (including phenoxy) is 1. The molecule has 0 aliphatic carbocycles. The lowest BCUT2D eigenvalue weighted by molar-refractivity contribution is -0.245. The Morgan fingerprint density at radius 1 is 1.26 bits per heavy atom. The van der Waals surface area contributed by atoms with E-state index in [1.807, 2.05) is 0 Å². The van der Waals surface area contributed by atoms with Crippen LogP contribution in [-0.4, -0.2) is 39.9 Å². The number of nitrogens with two attached hydrogens (primary N) is 3. The summed E-state index contributed by atoms with van der Waals surface area (Å²) in [6, 6.07) is 8.68. The predicted octanol–water partition coefficient (Wildman–Crippen LogP) is 3.25. The summed E-state index contributed by atoms with van der Waals surface area (Å²) in [4.78, 5) is 16.6. The van der Waals surface area contributed by atoms with Gasteiger partial charge in [-0.1, -0.05) is 19.1 Å². The van der Waals surface area contributed by atoms with Crippen molar-refractivity contribution in [3.63, 3.8) is 0 Å². The van der Waals surface area contributed by atoms with Crippen molar-refractivity contribution in [1.29, 1.82) is 0 Å². The topological polar surface area (TPSA) is 141 Å². The van der Waals surface area contributed by atoms with E-state index in [2.05, 4.69) is 4.98 Å². The van der Waals surface area contributed by atoms with E-state index in [1.165, 1.54) is 25.4 Å². The zero-order valence-corrected chi connectivity index (χ0v) is 19.2. The van der Waals surface area contributed by atoms with E-state index in [9.17, 15) is 23.1 Å². The standard InChI is InChI=1S/C22H24F3N5O3S/c1-3-21(32,22(23,24)25)16(26)11-30(28)10-12-4-6-14-15(8-12)34-19(20(27)31)18(14)13-5-7-17(33-2)29-9-13/h4-9,11,32H,3,10,26,28H2,1-2H3,(H2,27,31)/b16-11-. The van der Waals surface area contributed by atoms with E-state index in [0.717, 1.165) is 21.3 Å². The molecule has 0 saturated carbocycles. The average Bonchev–Trinajstić information content (AvgIpc) is 3.16. The van der Waals surface area contributed by atoms with Crippen molar-refractivity contribution in [3.05, 3.63) is 58.9 Å². The summed E-state index contributed by atoms with van der Waals surface area (Å²) in [5.74, 6) is 5.67. The van der Waals surface area contributed by atoms with Gasteiger partial charge in [-0.25, -0.2) is 10.8 Å². The summed E-state index contributed by atoms with van der Waals surface area (Å²) in [6.07, 6.45) is -3.17. The van der Waals surface area contributed by atoms with Crippen LogP contribution < -0.4 is 22.0 Å². The summed E-state index contributed by atoms with van der Waals surface area (Å²) in [5, 5.41) is 11.7. The normalized spacial score (nSPS) is 14.1. The van der Waals surface area contributed by atoms with E-state index in [-0.39, 0.29) is 6.54 Å². The fraction of sp³-hybridized carbons (Fsp3) is 0.273. The van der Waals surface area contributed by atoms with Crippen molar-refractivity contribution in [2.75, 3.05) is 7.11 Å². The number of nitrogens with zero attached hydrogens (tertiary/aromatic N) is 2. The van der Waals surface area contributed by atoms with Crippen LogP contribution in [0.1, 0.15) is 28.6 Å². The second kappa shape index (κ2) is 9.49. The highest BCUT2D eigenvalue weighted by Crippen LogP contribution is 2.40. The second-order valence-electron chi connectivity index (χ2n) is 7.56. The van der Waals surface area contributed by atoms with Gasteiger partial charge < -0.3 is 26.3 Å². The van der Waals surface area contributed by atoms with Gasteiger partial charge in [0.05, 0.1) is 19.4 Å². The van der Waals surface area contributed by atoms with Crippen LogP contribution >= 0.6 is 11.3 Å². The molecular formula is C22H24F3N5O3S. The molecule has 3 rings (SSSR count). The van der Waals surface area contributed by atoms with Gasteiger partial charge >= 0.3 is 6.18 Å². The first-order chi connectivity index (χ1) is 15.9. The van der Waals surface area contributed by atoms with E-state index in [0.29, 0.717) is 27.4 Å². The van der Waals surface area contributed by atoms with Gasteiger partial charge in [0, 0.05) is 39.7 Å². The number of hydrogen-bond acceptors (Lipinski definition) is 8. The van der Waals surface area contributed by atoms with Crippen LogP contribution in [-0.2, 0) is 6.54 Å². The molecular weight excluding hydrogens is 471 g/mol. The Bertz CT molecular complexity index is 1230. The number of carbonyl (C=O) groups excluding carboxylic acids is 1. The number of aliphatic hydroxyl groups is 1. The van der Waals surface area contributed by atoms with Crippen LogP contribution in [0.2, 0.25) is 0 Å². The third-order valence-corrected chi connectivity index (χ3v) is 6.51. The first-order valence-corrected chi connectivity index (χ1v) is 10.9. The number of fused-ring (bicyclic) bond motifs is 1. The Morgan fingerprint density at radius 2 is 1.97 bits per heavy atom. The van der Waals surface area contributed by atoms with Crippen molar-refractivity contribution >= 4 is 27.3 Å². The number of amides is 1. The summed E-state index contributed by atoms with van der Waals surface area (Å²) in [6.45, 7) is 1.17. The molecule has 34 heavy (non-hydrogen) atoms. The number of aromatic nitrogens is 1. The lowest BCUT2D eigenvalue weighted by Gasteiger charge is -2.30. The number of benzene rings is 1. The number of rotatable bonds is 8. The van der Waals surface area contributed by atoms with Crippen LogP contribution in [0.15, 0.2) is 48.4 Å². The molecule has 0 aliphatic rings. The maximum atomic E-state index is 13.2. The second-order valence-corrected chi connectivity index (χ2v) is 8.61. The number of hydrogen-bond donors (Lipinski definition) is 4. The number of carbonyl (C=O) groups is 1. The average molecular weight is 496 g/mol. The number of methoxy groups -OCH3 is 1. The van der Waals surface area contributed by atoms with Crippen LogP contribution in [0.4, 0.5) is 13.2 Å². The first-order valence-electron chi connectivity index (χ1n) is 10.0. The summed E-state index contributed by atoms with van der Waals surface area (Å²) in [5.41, 5.74) is 9.09. The number of primary amides is 1. The van der Waals surface area contributed by atoms with Gasteiger partial charge in [0.25, 0.3) is 5.91 Å². The van der Waals surface area contributed by atoms with Crippen molar-refractivity contribution in [1.82, 2.24) is 9.99 Å². The quantitative estimate of drug-likeness (QED) is 0.278. The van der Waals surface area contributed by atoms with Gasteiger partial charge in [0.15, 0.2) is 0 Å². The molecule has 0 aliphatic heterocycles. The Balaban J connectivity index is 1.94. The van der Waals surface area contributed by atoms with Gasteiger partial charge in [-0.2, -0.15) is 13.2 Å². The molecule has 1 atom stereocenters. The SMILES string of the molecule is CCC(O)(/C(N)=C/N(N)Cc1ccc2c(-c3ccc(OC)nc3)c(C(N)=O)sc2c1)C(F)(F)F. The van der Waals surface area contributed by atoms with Crippen LogP contribution in [0.5, 0.6) is 5.88 Å². The molecule has 0 radical (unpaired) electrons. The molecule has 8 nitrogen and oxygen atoms in total. The Labute approximate surface area is 197 Å². The van der Waals surface area contributed by atoms with E-state index < -0.39 is 29.8 Å². The number of halogens is 3. The van der Waals surface area contributed by atoms with Gasteiger partial charge in [-0.3, -0.25) is 4.79 Å². The molecule has 1 aromatic carbocycles. The summed E-state index contributed by atoms with van der Waals surface area (Å²) in [7, 11) is 1.49. The highest BCUT2D eigenvalue weighted by atomic mass is 32.1. The fourth-order valence-electron chi connectivity index (χ4n) is 3.46. The predicted molar refractivity (Wildman–Crippen MR) is 123 cm³/mol. The maximum Gasteiger partial charge on any atom is 0.422 e. The van der Waals surface area contributed by atoms with Crippen LogP contribution in [0.3, 0.4) is 0 Å². The Morgan fingerprint density at radius 3 is 2.50 bits per heavy atom. The molecule has 2 aromatic heterocycles. The minimum absolute atomic E-state index is 0.00246. The van der Waals surface area contributed by atoms with Gasteiger partial charge in [0.1, 0.15) is 4.88 Å². The monoisotopic (exact) mass is 495 g/mol. The van der Waals surface area contributed by atoms with E-state index >= 15 is 0 Å². The van der Waals surface area contributed by atoms with Crippen LogP contribution in [0, 0.1) is 0 Å². The summed E-state index contributed by atoms with van der Waals surface area (Å²) >= 11 is 1.18. The number of thiophene rings is 1. The summed E-state index contributed by atoms with van der Waals surface area (Å²) < 4.78 is 45.4. The van der Waals surface area contributed by atoms with Crippen molar-refractivity contribution in [3.8, 4) is 17.0 Å². The Hall–Kier alpha value is -3.35. The maximum absolute atomic E-state index is 13.2. The zero-order chi connectivity index (χ0) is 25.3. The van der Waals surface area contributed by atoms with Crippen molar-refractivity contribution < 1.29 is 27.8 Å². The number of alkyl halides is 3. The fourth-order valence-corrected chi connectivity index (χ4v) is 4.60. The highest BCUT2D eigenvalue weighted by Gasteiger charge is 2.54. The largest absolute Gasteiger partial charge is 0.481 e. The Kier molecular flexibility index (Phi) is 7.05. The van der Waals surface area contributed by atoms with Gasteiger partial charge in [-0.15, -0.1) is 11.3 Å². The molecule has 0 fully saturated rings. The molecule has 182 valence electrons. The third-order valence-electron chi connectivity index (χ3n) is 5.34. The smallest absolute Gasteiger partial charge is 0.422 e. The lowest BCUT2D eigenvalue weighted by Crippen LogP contribution is -2.49. The molecule has 7 N–H and O–H groups in total. The van der Waals surface area contributed by atoms with Crippen molar-refractivity contribution in [2.45, 2.75) is 31.7 Å². The number of hydrazine groups is 1. The molecule has 3 aromatic rings. The molecule has 0 bridgehead atoms. The highest BCUT2D eigenvalue weighted by molar-refractivity contribution is 7.21. The first kappa shape index (κ1) is 25.3. The van der Waals surface area contributed by atoms with Crippen molar-refractivity contribution in [2.24, 2.45) is 17.3 Å². The molecule has 0 saturated heterocycles. The molecule has 1 amide bonds. The molecule has 1 unspecified atom stereocenters.